The number of benzene rings is 1. The van der Waals surface area contributed by atoms with Crippen LogP contribution >= 0.6 is 0 Å². The Morgan fingerprint density at radius 3 is 2.58 bits per heavy atom. The van der Waals surface area contributed by atoms with Crippen LogP contribution in [-0.2, 0) is 9.84 Å². The lowest BCUT2D eigenvalue weighted by Gasteiger charge is -2.11. The van der Waals surface area contributed by atoms with Crippen LogP contribution in [-0.4, -0.2) is 42.6 Å². The number of rotatable bonds is 5. The summed E-state index contributed by atoms with van der Waals surface area (Å²) in [5, 5.41) is 5.82. The topological polar surface area (TPSA) is 105 Å². The molecule has 1 aliphatic heterocycles. The summed E-state index contributed by atoms with van der Waals surface area (Å²) in [4.78, 5) is 27.7. The average molecular weight is 373 g/mol. The zero-order valence-electron chi connectivity index (χ0n) is 14.2. The van der Waals surface area contributed by atoms with Gasteiger partial charge in [0, 0.05) is 17.3 Å². The minimum atomic E-state index is -3.04. The number of pyridine rings is 1. The number of amides is 1. The molecule has 2 aromatic rings. The third-order valence-electron chi connectivity index (χ3n) is 4.12. The first-order valence-electron chi connectivity index (χ1n) is 8.18. The number of hydrogen-bond donors (Lipinski definition) is 2. The number of carbonyl (C=O) groups excluding carboxylic acids is 2. The highest BCUT2D eigenvalue weighted by Gasteiger charge is 2.29. The molecular weight excluding hydrogens is 354 g/mol. The van der Waals surface area contributed by atoms with Gasteiger partial charge < -0.3 is 10.6 Å². The number of anilines is 2. The molecule has 1 saturated heterocycles. The van der Waals surface area contributed by atoms with Gasteiger partial charge in [0.25, 0.3) is 5.91 Å². The highest BCUT2D eigenvalue weighted by atomic mass is 32.2. The number of nitrogens with zero attached hydrogens (tertiary/aromatic N) is 1. The van der Waals surface area contributed by atoms with E-state index >= 15 is 0 Å². The molecule has 1 aromatic carbocycles. The molecule has 0 spiro atoms. The second-order valence-corrected chi connectivity index (χ2v) is 8.50. The predicted molar refractivity (Wildman–Crippen MR) is 98.5 cm³/mol. The second-order valence-electron chi connectivity index (χ2n) is 6.27. The number of aromatic nitrogens is 1. The van der Waals surface area contributed by atoms with Gasteiger partial charge in [0.2, 0.25) is 0 Å². The molecule has 3 rings (SSSR count). The molecule has 1 aliphatic rings. The van der Waals surface area contributed by atoms with Crippen molar-refractivity contribution in [2.75, 3.05) is 16.8 Å². The maximum atomic E-state index is 12.2. The quantitative estimate of drug-likeness (QED) is 0.776. The Labute approximate surface area is 151 Å². The maximum absolute atomic E-state index is 12.2. The van der Waals surface area contributed by atoms with Crippen LogP contribution in [0.15, 0.2) is 42.6 Å². The van der Waals surface area contributed by atoms with Gasteiger partial charge in [-0.1, -0.05) is 12.1 Å². The summed E-state index contributed by atoms with van der Waals surface area (Å²) in [5.74, 6) is -0.330. The van der Waals surface area contributed by atoms with Crippen molar-refractivity contribution in [1.82, 2.24) is 10.3 Å². The fourth-order valence-corrected chi connectivity index (χ4v) is 4.43. The lowest BCUT2D eigenvalue weighted by molar-refractivity contribution is 0.0935. The van der Waals surface area contributed by atoms with Crippen LogP contribution in [0.2, 0.25) is 0 Å². The summed E-state index contributed by atoms with van der Waals surface area (Å²) >= 11 is 0. The van der Waals surface area contributed by atoms with E-state index in [1.165, 1.54) is 13.1 Å². The summed E-state index contributed by atoms with van der Waals surface area (Å²) < 4.78 is 22.9. The molecule has 0 radical (unpaired) electrons. The number of sulfone groups is 1. The summed E-state index contributed by atoms with van der Waals surface area (Å²) in [6.07, 6.45) is 1.95. The van der Waals surface area contributed by atoms with E-state index in [0.717, 1.165) is 5.69 Å². The highest BCUT2D eigenvalue weighted by molar-refractivity contribution is 7.91. The van der Waals surface area contributed by atoms with Crippen molar-refractivity contribution in [3.05, 3.63) is 53.9 Å². The van der Waals surface area contributed by atoms with Crippen LogP contribution in [0.25, 0.3) is 0 Å². The molecule has 136 valence electrons. The van der Waals surface area contributed by atoms with Crippen LogP contribution in [0, 0.1) is 0 Å². The Balaban J connectivity index is 1.64. The molecule has 1 amide bonds. The average Bonchev–Trinajstić information content (AvgIpc) is 2.94. The Bertz CT molecular complexity index is 939. The predicted octanol–water partition coefficient (Wildman–Crippen LogP) is 1.94. The molecule has 1 atom stereocenters. The van der Waals surface area contributed by atoms with Crippen LogP contribution in [0.5, 0.6) is 0 Å². The Morgan fingerprint density at radius 2 is 1.96 bits per heavy atom. The van der Waals surface area contributed by atoms with Gasteiger partial charge in [-0.2, -0.15) is 0 Å². The molecular formula is C18H19N3O4S. The smallest absolute Gasteiger partial charge is 0.270 e. The van der Waals surface area contributed by atoms with Gasteiger partial charge in [-0.15, -0.1) is 0 Å². The van der Waals surface area contributed by atoms with E-state index in [-0.39, 0.29) is 29.0 Å². The molecule has 1 aromatic heterocycles. The number of nitrogens with one attached hydrogen (secondary N) is 2. The summed E-state index contributed by atoms with van der Waals surface area (Å²) in [6, 6.07) is 9.99. The van der Waals surface area contributed by atoms with Crippen molar-refractivity contribution in [3.63, 3.8) is 0 Å². The number of carbonyl (C=O) groups is 2. The van der Waals surface area contributed by atoms with E-state index in [9.17, 15) is 18.0 Å². The SMILES string of the molecule is CC(=O)c1cccc(Nc2ccc(C(=O)NC3CCS(=O)(=O)C3)nc2)c1. The largest absolute Gasteiger partial charge is 0.354 e. The Hall–Kier alpha value is -2.74. The minimum absolute atomic E-state index is 0.0206. The zero-order chi connectivity index (χ0) is 18.7. The zero-order valence-corrected chi connectivity index (χ0v) is 15.0. The second kappa shape index (κ2) is 7.25. The maximum Gasteiger partial charge on any atom is 0.270 e. The van der Waals surface area contributed by atoms with E-state index in [0.29, 0.717) is 17.7 Å². The van der Waals surface area contributed by atoms with E-state index in [1.807, 2.05) is 6.07 Å². The summed E-state index contributed by atoms with van der Waals surface area (Å²) in [7, 11) is -3.04. The Morgan fingerprint density at radius 1 is 1.15 bits per heavy atom. The van der Waals surface area contributed by atoms with Gasteiger partial charge in [0.1, 0.15) is 5.69 Å². The van der Waals surface area contributed by atoms with Gasteiger partial charge in [-0.05, 0) is 37.6 Å². The number of ketones is 1. The van der Waals surface area contributed by atoms with E-state index in [1.54, 1.807) is 30.3 Å². The first kappa shape index (κ1) is 18.1. The van der Waals surface area contributed by atoms with E-state index in [4.69, 9.17) is 0 Å². The normalized spacial score (nSPS) is 18.3. The van der Waals surface area contributed by atoms with Crippen LogP contribution < -0.4 is 10.6 Å². The third kappa shape index (κ3) is 4.45. The van der Waals surface area contributed by atoms with E-state index < -0.39 is 15.7 Å². The van der Waals surface area contributed by atoms with Gasteiger partial charge >= 0.3 is 0 Å². The lowest BCUT2D eigenvalue weighted by Crippen LogP contribution is -2.36. The van der Waals surface area contributed by atoms with Gasteiger partial charge in [0.05, 0.1) is 23.4 Å². The molecule has 8 heteroatoms. The van der Waals surface area contributed by atoms with Crippen molar-refractivity contribution in [2.45, 2.75) is 19.4 Å². The molecule has 2 N–H and O–H groups in total. The van der Waals surface area contributed by atoms with Crippen LogP contribution in [0.3, 0.4) is 0 Å². The molecule has 1 unspecified atom stereocenters. The molecule has 7 nitrogen and oxygen atoms in total. The molecule has 1 fully saturated rings. The Kier molecular flexibility index (Phi) is 5.03. The number of Topliss-reactive ketones (excluding diaryl/α,β-unsaturated/α-hetero) is 1. The third-order valence-corrected chi connectivity index (χ3v) is 5.89. The van der Waals surface area contributed by atoms with Crippen LogP contribution in [0.1, 0.15) is 34.2 Å². The van der Waals surface area contributed by atoms with Crippen molar-refractivity contribution >= 4 is 32.9 Å². The highest BCUT2D eigenvalue weighted by Crippen LogP contribution is 2.18. The van der Waals surface area contributed by atoms with Crippen molar-refractivity contribution in [3.8, 4) is 0 Å². The van der Waals surface area contributed by atoms with Crippen molar-refractivity contribution < 1.29 is 18.0 Å². The summed E-state index contributed by atoms with van der Waals surface area (Å²) in [6.45, 7) is 1.50. The summed E-state index contributed by atoms with van der Waals surface area (Å²) in [5.41, 5.74) is 2.24. The van der Waals surface area contributed by atoms with Crippen molar-refractivity contribution in [1.29, 1.82) is 0 Å². The minimum Gasteiger partial charge on any atom is -0.354 e. The molecule has 2 heterocycles. The lowest BCUT2D eigenvalue weighted by atomic mass is 10.1. The fourth-order valence-electron chi connectivity index (χ4n) is 2.75. The molecule has 26 heavy (non-hydrogen) atoms. The van der Waals surface area contributed by atoms with Gasteiger partial charge in [-0.3, -0.25) is 9.59 Å². The molecule has 0 aliphatic carbocycles. The van der Waals surface area contributed by atoms with E-state index in [2.05, 4.69) is 15.6 Å². The van der Waals surface area contributed by atoms with Gasteiger partial charge in [-0.25, -0.2) is 13.4 Å². The molecule has 0 bridgehead atoms. The fraction of sp³-hybridized carbons (Fsp3) is 0.278. The number of hydrogen-bond acceptors (Lipinski definition) is 6. The van der Waals surface area contributed by atoms with Gasteiger partial charge in [0.15, 0.2) is 15.6 Å². The first-order chi connectivity index (χ1) is 12.3. The monoisotopic (exact) mass is 373 g/mol. The van der Waals surface area contributed by atoms with Crippen molar-refractivity contribution in [2.24, 2.45) is 0 Å². The standard InChI is InChI=1S/C18H19N3O4S/c1-12(22)13-3-2-4-14(9-13)20-15-5-6-17(19-10-15)18(23)21-16-7-8-26(24,25)11-16/h2-6,9-10,16,20H,7-8,11H2,1H3,(H,21,23). The molecule has 0 saturated carbocycles. The first-order valence-corrected chi connectivity index (χ1v) is 10.00. The van der Waals surface area contributed by atoms with Crippen LogP contribution in [0.4, 0.5) is 11.4 Å².